The molecule has 0 aliphatic rings. The van der Waals surface area contributed by atoms with Gasteiger partial charge in [-0.2, -0.15) is 10.2 Å². The number of halogens is 1. The van der Waals surface area contributed by atoms with Crippen molar-refractivity contribution in [2.75, 3.05) is 5.32 Å². The molecule has 1 heterocycles. The van der Waals surface area contributed by atoms with Gasteiger partial charge in [-0.1, -0.05) is 40.2 Å². The van der Waals surface area contributed by atoms with Gasteiger partial charge in [-0.25, -0.2) is 0 Å². The molecule has 0 aliphatic carbocycles. The van der Waals surface area contributed by atoms with Crippen LogP contribution in [0.4, 0.5) is 5.69 Å². The molecule has 0 saturated heterocycles. The molecule has 2 aromatic carbocycles. The highest BCUT2D eigenvalue weighted by atomic mass is 79.9. The summed E-state index contributed by atoms with van der Waals surface area (Å²) in [6, 6.07) is 13.3. The van der Waals surface area contributed by atoms with Gasteiger partial charge in [0.2, 0.25) is 0 Å². The molecule has 20 heavy (non-hydrogen) atoms. The highest BCUT2D eigenvalue weighted by molar-refractivity contribution is 9.10. The lowest BCUT2D eigenvalue weighted by atomic mass is 10.1. The number of fused-ring (bicyclic) bond motifs is 1. The second kappa shape index (κ2) is 5.38. The van der Waals surface area contributed by atoms with Crippen molar-refractivity contribution in [2.45, 2.75) is 0 Å². The number of carbonyl (C=O) groups excluding carboxylic acids is 1. The lowest BCUT2D eigenvalue weighted by Crippen LogP contribution is -2.12. The molecule has 1 amide bonds. The molecular weight excluding hydrogens is 318 g/mol. The molecule has 0 atom stereocenters. The number of nitrogens with zero attached hydrogens (tertiary/aromatic N) is 2. The van der Waals surface area contributed by atoms with Crippen molar-refractivity contribution >= 4 is 38.3 Å². The molecule has 1 aromatic heterocycles. The third-order valence-corrected chi connectivity index (χ3v) is 3.66. The minimum atomic E-state index is -0.202. The van der Waals surface area contributed by atoms with Crippen molar-refractivity contribution in [3.63, 3.8) is 0 Å². The van der Waals surface area contributed by atoms with Gasteiger partial charge in [0.15, 0.2) is 0 Å². The number of benzene rings is 2. The van der Waals surface area contributed by atoms with E-state index in [-0.39, 0.29) is 5.91 Å². The van der Waals surface area contributed by atoms with Crippen molar-refractivity contribution in [3.05, 3.63) is 64.9 Å². The van der Waals surface area contributed by atoms with E-state index in [1.165, 1.54) is 12.4 Å². The Morgan fingerprint density at radius 2 is 1.80 bits per heavy atom. The SMILES string of the molecule is O=C(Nc1ccc(Br)c2ccccc12)c1ccnnc1. The van der Waals surface area contributed by atoms with Crippen LogP contribution in [-0.4, -0.2) is 16.1 Å². The normalized spacial score (nSPS) is 10.4. The van der Waals surface area contributed by atoms with Crippen LogP contribution in [0.25, 0.3) is 10.8 Å². The second-order valence-corrected chi connectivity index (χ2v) is 5.08. The van der Waals surface area contributed by atoms with Gasteiger partial charge in [0, 0.05) is 15.5 Å². The van der Waals surface area contributed by atoms with Crippen molar-refractivity contribution < 1.29 is 4.79 Å². The van der Waals surface area contributed by atoms with Crippen LogP contribution in [0, 0.1) is 0 Å². The van der Waals surface area contributed by atoms with Gasteiger partial charge in [0.05, 0.1) is 18.0 Å². The molecule has 4 nitrogen and oxygen atoms in total. The third-order valence-electron chi connectivity index (χ3n) is 2.97. The summed E-state index contributed by atoms with van der Waals surface area (Å²) in [5.74, 6) is -0.202. The van der Waals surface area contributed by atoms with E-state index < -0.39 is 0 Å². The van der Waals surface area contributed by atoms with E-state index in [0.717, 1.165) is 20.9 Å². The average Bonchev–Trinajstić information content (AvgIpc) is 2.51. The molecule has 5 heteroatoms. The fraction of sp³-hybridized carbons (Fsp3) is 0. The van der Waals surface area contributed by atoms with Crippen LogP contribution in [0.2, 0.25) is 0 Å². The molecule has 0 saturated carbocycles. The Balaban J connectivity index is 2.00. The summed E-state index contributed by atoms with van der Waals surface area (Å²) in [4.78, 5) is 12.2. The molecule has 3 rings (SSSR count). The molecule has 98 valence electrons. The number of nitrogens with one attached hydrogen (secondary N) is 1. The Morgan fingerprint density at radius 1 is 1.00 bits per heavy atom. The van der Waals surface area contributed by atoms with Gasteiger partial charge in [-0.15, -0.1) is 0 Å². The summed E-state index contributed by atoms with van der Waals surface area (Å²) in [6.07, 6.45) is 2.94. The second-order valence-electron chi connectivity index (χ2n) is 4.23. The molecule has 3 aromatic rings. The Morgan fingerprint density at radius 3 is 2.55 bits per heavy atom. The molecule has 0 fully saturated rings. The van der Waals surface area contributed by atoms with Gasteiger partial charge >= 0.3 is 0 Å². The van der Waals surface area contributed by atoms with Crippen molar-refractivity contribution in [2.24, 2.45) is 0 Å². The number of amides is 1. The zero-order valence-electron chi connectivity index (χ0n) is 10.4. The molecule has 1 N–H and O–H groups in total. The van der Waals surface area contributed by atoms with Crippen molar-refractivity contribution in [1.29, 1.82) is 0 Å². The number of hydrogen-bond acceptors (Lipinski definition) is 3. The topological polar surface area (TPSA) is 54.9 Å². The summed E-state index contributed by atoms with van der Waals surface area (Å²) in [5, 5.41) is 12.3. The van der Waals surface area contributed by atoms with Crippen LogP contribution in [-0.2, 0) is 0 Å². The maximum absolute atomic E-state index is 12.2. The van der Waals surface area contributed by atoms with Crippen LogP contribution < -0.4 is 5.32 Å². The van der Waals surface area contributed by atoms with E-state index in [9.17, 15) is 4.79 Å². The van der Waals surface area contributed by atoms with E-state index in [2.05, 4.69) is 31.4 Å². The first kappa shape index (κ1) is 12.7. The van der Waals surface area contributed by atoms with Gasteiger partial charge in [-0.3, -0.25) is 4.79 Å². The maximum Gasteiger partial charge on any atom is 0.257 e. The van der Waals surface area contributed by atoms with Crippen LogP contribution in [0.3, 0.4) is 0 Å². The summed E-state index contributed by atoms with van der Waals surface area (Å²) < 4.78 is 0.997. The Bertz CT molecular complexity index is 774. The highest BCUT2D eigenvalue weighted by Gasteiger charge is 2.09. The lowest BCUT2D eigenvalue weighted by Gasteiger charge is -2.09. The van der Waals surface area contributed by atoms with Gasteiger partial charge in [-0.05, 0) is 23.6 Å². The first-order valence-corrected chi connectivity index (χ1v) is 6.80. The van der Waals surface area contributed by atoms with Gasteiger partial charge in [0.25, 0.3) is 5.91 Å². The maximum atomic E-state index is 12.2. The summed E-state index contributed by atoms with van der Waals surface area (Å²) in [6.45, 7) is 0. The van der Waals surface area contributed by atoms with E-state index >= 15 is 0 Å². The van der Waals surface area contributed by atoms with E-state index in [1.807, 2.05) is 36.4 Å². The smallest absolute Gasteiger partial charge is 0.257 e. The summed E-state index contributed by atoms with van der Waals surface area (Å²) >= 11 is 3.51. The molecular formula is C15H10BrN3O. The molecule has 0 aliphatic heterocycles. The lowest BCUT2D eigenvalue weighted by molar-refractivity contribution is 0.102. The fourth-order valence-electron chi connectivity index (χ4n) is 1.99. The molecule has 0 spiro atoms. The number of hydrogen-bond donors (Lipinski definition) is 1. The van der Waals surface area contributed by atoms with Crippen LogP contribution in [0.1, 0.15) is 10.4 Å². The number of carbonyl (C=O) groups is 1. The Hall–Kier alpha value is -2.27. The first-order chi connectivity index (χ1) is 9.75. The monoisotopic (exact) mass is 327 g/mol. The highest BCUT2D eigenvalue weighted by Crippen LogP contribution is 2.30. The standard InChI is InChI=1S/C15H10BrN3O/c16-13-5-6-14(12-4-2-1-3-11(12)13)19-15(20)10-7-8-17-18-9-10/h1-9H,(H,19,20). The van der Waals surface area contributed by atoms with Gasteiger partial charge in [0.1, 0.15) is 0 Å². The van der Waals surface area contributed by atoms with Crippen LogP contribution in [0.15, 0.2) is 59.3 Å². The third kappa shape index (κ3) is 2.40. The quantitative estimate of drug-likeness (QED) is 0.781. The largest absolute Gasteiger partial charge is 0.321 e. The summed E-state index contributed by atoms with van der Waals surface area (Å²) in [7, 11) is 0. The number of rotatable bonds is 2. The van der Waals surface area contributed by atoms with Crippen molar-refractivity contribution in [1.82, 2.24) is 10.2 Å². The zero-order valence-corrected chi connectivity index (χ0v) is 12.0. The number of anilines is 1. The van der Waals surface area contributed by atoms with Crippen LogP contribution in [0.5, 0.6) is 0 Å². The first-order valence-electron chi connectivity index (χ1n) is 6.01. The summed E-state index contributed by atoms with van der Waals surface area (Å²) in [5.41, 5.74) is 1.25. The van der Waals surface area contributed by atoms with Crippen LogP contribution >= 0.6 is 15.9 Å². The fourth-order valence-corrected chi connectivity index (χ4v) is 2.47. The molecule has 0 unspecified atom stereocenters. The minimum Gasteiger partial charge on any atom is -0.321 e. The van der Waals surface area contributed by atoms with E-state index in [0.29, 0.717) is 5.56 Å². The number of aromatic nitrogens is 2. The van der Waals surface area contributed by atoms with E-state index in [1.54, 1.807) is 6.07 Å². The van der Waals surface area contributed by atoms with Gasteiger partial charge < -0.3 is 5.32 Å². The predicted molar refractivity (Wildman–Crippen MR) is 81.6 cm³/mol. The van der Waals surface area contributed by atoms with Crippen molar-refractivity contribution in [3.8, 4) is 0 Å². The van der Waals surface area contributed by atoms with E-state index in [4.69, 9.17) is 0 Å². The molecule has 0 bridgehead atoms. The Labute approximate surface area is 124 Å². The average molecular weight is 328 g/mol. The molecule has 0 radical (unpaired) electrons. The predicted octanol–water partition coefficient (Wildman–Crippen LogP) is 3.64. The Kier molecular flexibility index (Phi) is 3.43. The zero-order chi connectivity index (χ0) is 13.9. The minimum absolute atomic E-state index is 0.202.